The van der Waals surface area contributed by atoms with E-state index in [9.17, 15) is 9.59 Å². The predicted octanol–water partition coefficient (Wildman–Crippen LogP) is 2.72. The fourth-order valence-electron chi connectivity index (χ4n) is 2.36. The molecule has 0 atom stereocenters. The molecule has 0 aliphatic carbocycles. The van der Waals surface area contributed by atoms with E-state index in [1.807, 2.05) is 19.9 Å². The molecular formula is C17H17N3O3S. The lowest BCUT2D eigenvalue weighted by molar-refractivity contribution is 0.101. The van der Waals surface area contributed by atoms with Gasteiger partial charge in [0.05, 0.1) is 12.5 Å². The Kier molecular flexibility index (Phi) is 4.35. The minimum absolute atomic E-state index is 0.289. The first kappa shape index (κ1) is 16.2. The summed E-state index contributed by atoms with van der Waals surface area (Å²) in [5.74, 6) is 0.219. The van der Waals surface area contributed by atoms with Crippen LogP contribution in [0.25, 0.3) is 10.2 Å². The molecule has 1 aromatic carbocycles. The summed E-state index contributed by atoms with van der Waals surface area (Å²) >= 11 is 1.49. The van der Waals surface area contributed by atoms with Gasteiger partial charge in [0, 0.05) is 10.4 Å². The van der Waals surface area contributed by atoms with Gasteiger partial charge in [-0.2, -0.15) is 0 Å². The van der Waals surface area contributed by atoms with Gasteiger partial charge in [-0.15, -0.1) is 11.3 Å². The standard InChI is InChI=1S/C17H17N3O3S/c1-4-12-8-13-16(24-12)18-9-20(17(13)22)19-15(21)11-6-5-10(2)14(7-11)23-3/h5-9H,4H2,1-3H3,(H,19,21). The molecule has 0 saturated heterocycles. The number of hydrogen-bond donors (Lipinski definition) is 1. The zero-order chi connectivity index (χ0) is 17.3. The molecule has 0 aliphatic rings. The molecule has 0 saturated carbocycles. The summed E-state index contributed by atoms with van der Waals surface area (Å²) in [6, 6.07) is 6.95. The Morgan fingerprint density at radius 3 is 2.88 bits per heavy atom. The van der Waals surface area contributed by atoms with Crippen LogP contribution in [0, 0.1) is 6.92 Å². The number of thiophene rings is 1. The third-order valence-corrected chi connectivity index (χ3v) is 4.93. The number of hydrogen-bond acceptors (Lipinski definition) is 5. The fourth-order valence-corrected chi connectivity index (χ4v) is 3.29. The van der Waals surface area contributed by atoms with Crippen molar-refractivity contribution in [2.24, 2.45) is 0 Å². The van der Waals surface area contributed by atoms with Crippen molar-refractivity contribution in [2.75, 3.05) is 12.5 Å². The van der Waals surface area contributed by atoms with Crippen molar-refractivity contribution in [1.82, 2.24) is 9.66 Å². The molecule has 0 bridgehead atoms. The van der Waals surface area contributed by atoms with Crippen LogP contribution in [0.1, 0.15) is 27.7 Å². The Bertz CT molecular complexity index is 975. The largest absolute Gasteiger partial charge is 0.496 e. The number of methoxy groups -OCH3 is 1. The number of nitrogens with one attached hydrogen (secondary N) is 1. The van der Waals surface area contributed by atoms with Crippen molar-refractivity contribution in [3.8, 4) is 5.75 Å². The van der Waals surface area contributed by atoms with Gasteiger partial charge in [-0.3, -0.25) is 15.0 Å². The third kappa shape index (κ3) is 2.90. The van der Waals surface area contributed by atoms with Gasteiger partial charge in [0.1, 0.15) is 16.9 Å². The lowest BCUT2D eigenvalue weighted by Gasteiger charge is -2.10. The Morgan fingerprint density at radius 1 is 1.38 bits per heavy atom. The molecule has 0 spiro atoms. The van der Waals surface area contributed by atoms with Gasteiger partial charge < -0.3 is 4.74 Å². The first-order chi connectivity index (χ1) is 11.5. The number of carbonyl (C=O) groups is 1. The molecular weight excluding hydrogens is 326 g/mol. The van der Waals surface area contributed by atoms with Crippen molar-refractivity contribution in [3.63, 3.8) is 0 Å². The molecule has 7 heteroatoms. The predicted molar refractivity (Wildman–Crippen MR) is 94.7 cm³/mol. The van der Waals surface area contributed by atoms with E-state index in [-0.39, 0.29) is 5.56 Å². The minimum Gasteiger partial charge on any atom is -0.496 e. The maximum atomic E-state index is 12.5. The van der Waals surface area contributed by atoms with Gasteiger partial charge in [0.25, 0.3) is 11.5 Å². The minimum atomic E-state index is -0.400. The molecule has 3 aromatic rings. The van der Waals surface area contributed by atoms with Crippen molar-refractivity contribution < 1.29 is 9.53 Å². The SMILES string of the molecule is CCc1cc2c(=O)n(NC(=O)c3ccc(C)c(OC)c3)cnc2s1. The zero-order valence-corrected chi connectivity index (χ0v) is 14.4. The maximum absolute atomic E-state index is 12.5. The Morgan fingerprint density at radius 2 is 2.17 bits per heavy atom. The number of rotatable bonds is 4. The summed E-state index contributed by atoms with van der Waals surface area (Å²) in [5.41, 5.74) is 3.62. The van der Waals surface area contributed by atoms with Crippen LogP contribution in [0.5, 0.6) is 5.75 Å². The van der Waals surface area contributed by atoms with Gasteiger partial charge in [-0.1, -0.05) is 13.0 Å². The number of carbonyl (C=O) groups excluding carboxylic acids is 1. The van der Waals surface area contributed by atoms with Gasteiger partial charge in [-0.25, -0.2) is 9.66 Å². The van der Waals surface area contributed by atoms with Crippen LogP contribution in [0.4, 0.5) is 0 Å². The molecule has 1 N–H and O–H groups in total. The monoisotopic (exact) mass is 343 g/mol. The second-order valence-electron chi connectivity index (χ2n) is 5.33. The fraction of sp³-hybridized carbons (Fsp3) is 0.235. The molecule has 1 amide bonds. The average molecular weight is 343 g/mol. The number of amides is 1. The molecule has 3 rings (SSSR count). The average Bonchev–Trinajstić information content (AvgIpc) is 3.02. The van der Waals surface area contributed by atoms with E-state index in [2.05, 4.69) is 10.4 Å². The number of benzene rings is 1. The van der Waals surface area contributed by atoms with Gasteiger partial charge in [0.2, 0.25) is 0 Å². The lowest BCUT2D eigenvalue weighted by Crippen LogP contribution is -2.33. The number of aromatic nitrogens is 2. The summed E-state index contributed by atoms with van der Waals surface area (Å²) in [6.07, 6.45) is 2.18. The van der Waals surface area contributed by atoms with E-state index in [1.165, 1.54) is 17.7 Å². The van der Waals surface area contributed by atoms with Crippen molar-refractivity contribution in [3.05, 3.63) is 57.0 Å². The summed E-state index contributed by atoms with van der Waals surface area (Å²) in [6.45, 7) is 3.92. The van der Waals surface area contributed by atoms with E-state index in [1.54, 1.807) is 25.3 Å². The second kappa shape index (κ2) is 6.45. The number of ether oxygens (including phenoxy) is 1. The Balaban J connectivity index is 1.93. The van der Waals surface area contributed by atoms with Gasteiger partial charge in [-0.05, 0) is 37.1 Å². The molecule has 2 heterocycles. The maximum Gasteiger partial charge on any atom is 0.280 e. The van der Waals surface area contributed by atoms with E-state index >= 15 is 0 Å². The molecule has 24 heavy (non-hydrogen) atoms. The highest BCUT2D eigenvalue weighted by Gasteiger charge is 2.12. The topological polar surface area (TPSA) is 73.2 Å². The molecule has 0 radical (unpaired) electrons. The zero-order valence-electron chi connectivity index (χ0n) is 13.6. The molecule has 0 fully saturated rings. The third-order valence-electron chi connectivity index (χ3n) is 3.74. The van der Waals surface area contributed by atoms with Gasteiger partial charge in [0.15, 0.2) is 0 Å². The molecule has 2 aromatic heterocycles. The summed E-state index contributed by atoms with van der Waals surface area (Å²) in [5, 5.41) is 0.515. The van der Waals surface area contributed by atoms with E-state index in [0.717, 1.165) is 21.5 Å². The van der Waals surface area contributed by atoms with Crippen molar-refractivity contribution in [2.45, 2.75) is 20.3 Å². The number of nitrogens with zero attached hydrogens (tertiary/aromatic N) is 2. The van der Waals surface area contributed by atoms with Crippen molar-refractivity contribution in [1.29, 1.82) is 0 Å². The van der Waals surface area contributed by atoms with E-state index in [0.29, 0.717) is 21.5 Å². The quantitative estimate of drug-likeness (QED) is 0.790. The van der Waals surface area contributed by atoms with Crippen LogP contribution in [-0.4, -0.2) is 22.7 Å². The first-order valence-electron chi connectivity index (χ1n) is 7.49. The molecule has 6 nitrogen and oxygen atoms in total. The summed E-state index contributed by atoms with van der Waals surface area (Å²) in [4.78, 5) is 30.9. The normalized spacial score (nSPS) is 10.8. The summed E-state index contributed by atoms with van der Waals surface area (Å²) < 4.78 is 6.34. The van der Waals surface area contributed by atoms with Crippen LogP contribution in [0.2, 0.25) is 0 Å². The van der Waals surface area contributed by atoms with E-state index < -0.39 is 5.91 Å². The molecule has 124 valence electrons. The van der Waals surface area contributed by atoms with Crippen LogP contribution in [0.15, 0.2) is 35.4 Å². The Labute approximate surface area is 142 Å². The summed E-state index contributed by atoms with van der Waals surface area (Å²) in [7, 11) is 1.55. The highest BCUT2D eigenvalue weighted by atomic mass is 32.1. The molecule has 0 unspecified atom stereocenters. The van der Waals surface area contributed by atoms with Crippen LogP contribution < -0.4 is 15.7 Å². The highest BCUT2D eigenvalue weighted by Crippen LogP contribution is 2.21. The van der Waals surface area contributed by atoms with Crippen LogP contribution in [-0.2, 0) is 6.42 Å². The number of fused-ring (bicyclic) bond motifs is 1. The first-order valence-corrected chi connectivity index (χ1v) is 8.31. The van der Waals surface area contributed by atoms with E-state index in [4.69, 9.17) is 4.74 Å². The smallest absolute Gasteiger partial charge is 0.280 e. The second-order valence-corrected chi connectivity index (χ2v) is 6.45. The van der Waals surface area contributed by atoms with Gasteiger partial charge >= 0.3 is 0 Å². The van der Waals surface area contributed by atoms with Crippen LogP contribution in [0.3, 0.4) is 0 Å². The van der Waals surface area contributed by atoms with Crippen molar-refractivity contribution >= 4 is 27.5 Å². The lowest BCUT2D eigenvalue weighted by atomic mass is 10.1. The number of aryl methyl sites for hydroxylation is 2. The highest BCUT2D eigenvalue weighted by molar-refractivity contribution is 7.18. The molecule has 0 aliphatic heterocycles. The van der Waals surface area contributed by atoms with Crippen LogP contribution >= 0.6 is 11.3 Å². The Hall–Kier alpha value is -2.67.